The lowest BCUT2D eigenvalue weighted by Gasteiger charge is -2.09. The van der Waals surface area contributed by atoms with Gasteiger partial charge in [0.25, 0.3) is 5.91 Å². The van der Waals surface area contributed by atoms with E-state index in [0.29, 0.717) is 30.5 Å². The molecule has 1 aliphatic carbocycles. The molecule has 4 rings (SSSR count). The molecule has 1 aromatic carbocycles. The molecule has 1 N–H and O–H groups in total. The van der Waals surface area contributed by atoms with Crippen LogP contribution in [0.15, 0.2) is 42.6 Å². The highest BCUT2D eigenvalue weighted by Gasteiger charge is 2.27. The predicted molar refractivity (Wildman–Crippen MR) is 95.8 cm³/mol. The number of hydrogen-bond donors (Lipinski definition) is 1. The third kappa shape index (κ3) is 3.39. The summed E-state index contributed by atoms with van der Waals surface area (Å²) in [4.78, 5) is 17.5. The van der Waals surface area contributed by atoms with Gasteiger partial charge in [-0.1, -0.05) is 18.2 Å². The van der Waals surface area contributed by atoms with Gasteiger partial charge in [-0.3, -0.25) is 14.5 Å². The summed E-state index contributed by atoms with van der Waals surface area (Å²) in [5.41, 5.74) is 2.52. The van der Waals surface area contributed by atoms with Crippen molar-refractivity contribution in [2.75, 3.05) is 19.0 Å². The molecule has 0 bridgehead atoms. The fourth-order valence-corrected chi connectivity index (χ4v) is 2.89. The molecule has 0 spiro atoms. The standard InChI is InChI=1S/C19H20N4O2/c1-25-11-10-23-9-8-18(22-23)21-19(24)15-12-17(13-6-7-13)20-16-5-3-2-4-14(15)16/h2-5,8-9,12-13H,6-7,10-11H2,1H3,(H,21,22,24). The topological polar surface area (TPSA) is 69.0 Å². The van der Waals surface area contributed by atoms with Gasteiger partial charge in [0.2, 0.25) is 0 Å². The van der Waals surface area contributed by atoms with Gasteiger partial charge >= 0.3 is 0 Å². The average molecular weight is 336 g/mol. The Morgan fingerprint density at radius 1 is 1.32 bits per heavy atom. The first-order chi connectivity index (χ1) is 12.2. The summed E-state index contributed by atoms with van der Waals surface area (Å²) >= 11 is 0. The van der Waals surface area contributed by atoms with Crippen LogP contribution in [0.1, 0.15) is 34.8 Å². The van der Waals surface area contributed by atoms with Gasteiger partial charge in [0.1, 0.15) is 0 Å². The lowest BCUT2D eigenvalue weighted by atomic mass is 10.1. The maximum absolute atomic E-state index is 12.8. The molecule has 3 aromatic rings. The molecule has 1 aliphatic rings. The first-order valence-electron chi connectivity index (χ1n) is 8.48. The van der Waals surface area contributed by atoms with E-state index in [9.17, 15) is 4.79 Å². The van der Waals surface area contributed by atoms with Crippen molar-refractivity contribution in [2.24, 2.45) is 0 Å². The summed E-state index contributed by atoms with van der Waals surface area (Å²) in [5, 5.41) is 8.11. The second-order valence-corrected chi connectivity index (χ2v) is 6.30. The van der Waals surface area contributed by atoms with Crippen LogP contribution in [0.5, 0.6) is 0 Å². The van der Waals surface area contributed by atoms with Gasteiger partial charge in [0, 0.05) is 36.4 Å². The van der Waals surface area contributed by atoms with E-state index >= 15 is 0 Å². The van der Waals surface area contributed by atoms with Gasteiger partial charge in [-0.2, -0.15) is 5.10 Å². The lowest BCUT2D eigenvalue weighted by Crippen LogP contribution is -2.14. The molecule has 6 heteroatoms. The Hall–Kier alpha value is -2.73. The highest BCUT2D eigenvalue weighted by molar-refractivity contribution is 6.12. The number of amides is 1. The van der Waals surface area contributed by atoms with E-state index in [1.165, 1.54) is 0 Å². The molecule has 128 valence electrons. The summed E-state index contributed by atoms with van der Waals surface area (Å²) < 4.78 is 6.79. The largest absolute Gasteiger partial charge is 0.383 e. The fraction of sp³-hybridized carbons (Fsp3) is 0.316. The predicted octanol–water partition coefficient (Wildman–Crippen LogP) is 3.21. The van der Waals surface area contributed by atoms with Crippen LogP contribution in [0.25, 0.3) is 10.9 Å². The molecule has 1 saturated carbocycles. The van der Waals surface area contributed by atoms with Crippen molar-refractivity contribution in [2.45, 2.75) is 25.3 Å². The minimum absolute atomic E-state index is 0.155. The number of hydrogen-bond acceptors (Lipinski definition) is 4. The van der Waals surface area contributed by atoms with E-state index in [0.717, 1.165) is 29.4 Å². The second kappa shape index (κ2) is 6.64. The van der Waals surface area contributed by atoms with Crippen molar-refractivity contribution in [3.8, 4) is 0 Å². The molecule has 0 saturated heterocycles. The highest BCUT2D eigenvalue weighted by Crippen LogP contribution is 2.40. The van der Waals surface area contributed by atoms with Crippen LogP contribution in [-0.2, 0) is 11.3 Å². The quantitative estimate of drug-likeness (QED) is 0.750. The fourth-order valence-electron chi connectivity index (χ4n) is 2.89. The van der Waals surface area contributed by atoms with E-state index in [1.807, 2.05) is 36.5 Å². The Morgan fingerprint density at radius 3 is 2.96 bits per heavy atom. The lowest BCUT2D eigenvalue weighted by molar-refractivity contribution is 0.102. The number of fused-ring (bicyclic) bond motifs is 1. The number of para-hydroxylation sites is 1. The third-order valence-corrected chi connectivity index (χ3v) is 4.38. The van der Waals surface area contributed by atoms with Gasteiger partial charge in [0.05, 0.1) is 24.2 Å². The van der Waals surface area contributed by atoms with Crippen molar-refractivity contribution in [3.63, 3.8) is 0 Å². The Labute approximate surface area is 145 Å². The van der Waals surface area contributed by atoms with Crippen molar-refractivity contribution >= 4 is 22.6 Å². The van der Waals surface area contributed by atoms with Crippen LogP contribution in [0, 0.1) is 0 Å². The monoisotopic (exact) mass is 336 g/mol. The third-order valence-electron chi connectivity index (χ3n) is 4.38. The molecule has 2 aromatic heterocycles. The van der Waals surface area contributed by atoms with E-state index in [4.69, 9.17) is 9.72 Å². The number of nitrogens with zero attached hydrogens (tertiary/aromatic N) is 3. The molecule has 0 radical (unpaired) electrons. The molecule has 1 amide bonds. The summed E-state index contributed by atoms with van der Waals surface area (Å²) in [6, 6.07) is 11.5. The van der Waals surface area contributed by atoms with Crippen molar-refractivity contribution in [1.29, 1.82) is 0 Å². The smallest absolute Gasteiger partial charge is 0.257 e. The minimum atomic E-state index is -0.155. The van der Waals surface area contributed by atoms with Crippen LogP contribution < -0.4 is 5.32 Å². The van der Waals surface area contributed by atoms with Gasteiger partial charge in [-0.15, -0.1) is 0 Å². The first kappa shape index (κ1) is 15.8. The summed E-state index contributed by atoms with van der Waals surface area (Å²) in [7, 11) is 1.65. The van der Waals surface area contributed by atoms with Crippen LogP contribution >= 0.6 is 0 Å². The number of ether oxygens (including phenoxy) is 1. The van der Waals surface area contributed by atoms with Crippen LogP contribution in [0.3, 0.4) is 0 Å². The van der Waals surface area contributed by atoms with Crippen molar-refractivity contribution in [1.82, 2.24) is 14.8 Å². The van der Waals surface area contributed by atoms with E-state index in [-0.39, 0.29) is 5.91 Å². The Bertz CT molecular complexity index is 915. The van der Waals surface area contributed by atoms with Crippen LogP contribution in [0.4, 0.5) is 5.82 Å². The molecule has 0 unspecified atom stereocenters. The SMILES string of the molecule is COCCn1ccc(NC(=O)c2cc(C3CC3)nc3ccccc23)n1. The maximum atomic E-state index is 12.8. The molecule has 0 aliphatic heterocycles. The van der Waals surface area contributed by atoms with Gasteiger partial charge in [-0.25, -0.2) is 0 Å². The summed E-state index contributed by atoms with van der Waals surface area (Å²) in [6.45, 7) is 1.23. The van der Waals surface area contributed by atoms with Gasteiger partial charge < -0.3 is 10.1 Å². The van der Waals surface area contributed by atoms with Crippen LogP contribution in [0.2, 0.25) is 0 Å². The average Bonchev–Trinajstić information content (AvgIpc) is 3.39. The number of aromatic nitrogens is 3. The molecule has 6 nitrogen and oxygen atoms in total. The number of methoxy groups -OCH3 is 1. The molecule has 0 atom stereocenters. The maximum Gasteiger partial charge on any atom is 0.257 e. The van der Waals surface area contributed by atoms with Crippen molar-refractivity contribution in [3.05, 3.63) is 53.9 Å². The number of benzene rings is 1. The van der Waals surface area contributed by atoms with Gasteiger partial charge in [-0.05, 0) is 25.0 Å². The number of pyridine rings is 1. The first-order valence-corrected chi connectivity index (χ1v) is 8.48. The molecular weight excluding hydrogens is 316 g/mol. The minimum Gasteiger partial charge on any atom is -0.383 e. The zero-order valence-corrected chi connectivity index (χ0v) is 14.1. The molecular formula is C19H20N4O2. The van der Waals surface area contributed by atoms with E-state index in [1.54, 1.807) is 17.9 Å². The Balaban J connectivity index is 1.62. The highest BCUT2D eigenvalue weighted by atomic mass is 16.5. The number of nitrogens with one attached hydrogen (secondary N) is 1. The number of rotatable bonds is 6. The van der Waals surface area contributed by atoms with E-state index < -0.39 is 0 Å². The Kier molecular flexibility index (Phi) is 4.19. The zero-order chi connectivity index (χ0) is 17.2. The normalized spacial score (nSPS) is 14.0. The molecule has 25 heavy (non-hydrogen) atoms. The van der Waals surface area contributed by atoms with E-state index in [2.05, 4.69) is 10.4 Å². The number of anilines is 1. The number of carbonyl (C=O) groups is 1. The van der Waals surface area contributed by atoms with Crippen molar-refractivity contribution < 1.29 is 9.53 Å². The zero-order valence-electron chi connectivity index (χ0n) is 14.1. The number of carbonyl (C=O) groups excluding carboxylic acids is 1. The molecule has 1 fully saturated rings. The van der Waals surface area contributed by atoms with Crippen LogP contribution in [-0.4, -0.2) is 34.4 Å². The van der Waals surface area contributed by atoms with Gasteiger partial charge in [0.15, 0.2) is 5.82 Å². The second-order valence-electron chi connectivity index (χ2n) is 6.30. The summed E-state index contributed by atoms with van der Waals surface area (Å²) in [6.07, 6.45) is 4.13. The molecule has 2 heterocycles. The Morgan fingerprint density at radius 2 is 2.16 bits per heavy atom. The summed E-state index contributed by atoms with van der Waals surface area (Å²) in [5.74, 6) is 0.872.